The van der Waals surface area contributed by atoms with Crippen molar-refractivity contribution in [1.82, 2.24) is 0 Å². The van der Waals surface area contributed by atoms with Crippen molar-refractivity contribution < 1.29 is 22.7 Å². The molecule has 0 aliphatic carbocycles. The van der Waals surface area contributed by atoms with Crippen LogP contribution in [-0.2, 0) is 22.1 Å². The minimum absolute atomic E-state index is 0.150. The van der Waals surface area contributed by atoms with Crippen LogP contribution in [0.5, 0.6) is 0 Å². The molecule has 0 radical (unpaired) electrons. The number of benzene rings is 2. The van der Waals surface area contributed by atoms with Gasteiger partial charge in [-0.05, 0) is 35.7 Å². The van der Waals surface area contributed by atoms with Gasteiger partial charge in [0.1, 0.15) is 0 Å². The highest BCUT2D eigenvalue weighted by Gasteiger charge is 2.30. The first kappa shape index (κ1) is 16.1. The Morgan fingerprint density at radius 1 is 1.05 bits per heavy atom. The molecule has 2 rings (SSSR count). The van der Waals surface area contributed by atoms with Crippen molar-refractivity contribution >= 4 is 5.97 Å². The quantitative estimate of drug-likeness (QED) is 0.779. The summed E-state index contributed by atoms with van der Waals surface area (Å²) >= 11 is 0. The van der Waals surface area contributed by atoms with Crippen LogP contribution in [0.15, 0.2) is 48.5 Å². The maximum atomic E-state index is 12.7. The van der Waals surface area contributed by atoms with Crippen molar-refractivity contribution in [2.45, 2.75) is 19.5 Å². The summed E-state index contributed by atoms with van der Waals surface area (Å²) < 4.78 is 43.0. The molecule has 116 valence electrons. The van der Waals surface area contributed by atoms with E-state index in [9.17, 15) is 18.0 Å². The zero-order valence-electron chi connectivity index (χ0n) is 12.0. The SMILES string of the molecule is CCOC(=O)Cc1ccc(-c2cccc(C(F)(F)F)c2)cc1. The van der Waals surface area contributed by atoms with Gasteiger partial charge in [0.2, 0.25) is 0 Å². The summed E-state index contributed by atoms with van der Waals surface area (Å²) in [6, 6.07) is 12.0. The Hall–Kier alpha value is -2.30. The highest BCUT2D eigenvalue weighted by atomic mass is 19.4. The third-order valence-corrected chi connectivity index (χ3v) is 3.13. The van der Waals surface area contributed by atoms with Crippen molar-refractivity contribution in [3.63, 3.8) is 0 Å². The molecule has 0 unspecified atom stereocenters. The van der Waals surface area contributed by atoms with Gasteiger partial charge >= 0.3 is 12.1 Å². The number of halogens is 3. The lowest BCUT2D eigenvalue weighted by atomic mass is 10.0. The van der Waals surface area contributed by atoms with E-state index in [1.165, 1.54) is 6.07 Å². The second kappa shape index (κ2) is 6.64. The zero-order valence-corrected chi connectivity index (χ0v) is 12.0. The molecule has 0 bridgehead atoms. The fourth-order valence-electron chi connectivity index (χ4n) is 2.07. The lowest BCUT2D eigenvalue weighted by Crippen LogP contribution is -2.07. The van der Waals surface area contributed by atoms with Crippen LogP contribution in [0.3, 0.4) is 0 Å². The second-order valence-electron chi connectivity index (χ2n) is 4.76. The van der Waals surface area contributed by atoms with Gasteiger partial charge in [0.15, 0.2) is 0 Å². The number of carbonyl (C=O) groups is 1. The van der Waals surface area contributed by atoms with Gasteiger partial charge in [-0.3, -0.25) is 4.79 Å². The summed E-state index contributed by atoms with van der Waals surface area (Å²) in [5.74, 6) is -0.325. The normalized spacial score (nSPS) is 11.3. The molecule has 0 spiro atoms. The lowest BCUT2D eigenvalue weighted by molar-refractivity contribution is -0.142. The topological polar surface area (TPSA) is 26.3 Å². The third kappa shape index (κ3) is 4.10. The Labute approximate surface area is 126 Å². The third-order valence-electron chi connectivity index (χ3n) is 3.13. The van der Waals surface area contributed by atoms with Crippen LogP contribution in [0.1, 0.15) is 18.1 Å². The highest BCUT2D eigenvalue weighted by molar-refractivity contribution is 5.73. The highest BCUT2D eigenvalue weighted by Crippen LogP contribution is 2.32. The van der Waals surface area contributed by atoms with Crippen molar-refractivity contribution in [3.8, 4) is 11.1 Å². The van der Waals surface area contributed by atoms with Crippen LogP contribution in [0.4, 0.5) is 13.2 Å². The molecule has 0 aliphatic heterocycles. The number of alkyl halides is 3. The predicted octanol–water partition coefficient (Wildman–Crippen LogP) is 4.48. The van der Waals surface area contributed by atoms with Gasteiger partial charge < -0.3 is 4.74 Å². The maximum Gasteiger partial charge on any atom is 0.416 e. The number of hydrogen-bond acceptors (Lipinski definition) is 2. The van der Waals surface area contributed by atoms with E-state index in [1.807, 2.05) is 0 Å². The number of ether oxygens (including phenoxy) is 1. The maximum absolute atomic E-state index is 12.7. The predicted molar refractivity (Wildman–Crippen MR) is 77.2 cm³/mol. The monoisotopic (exact) mass is 308 g/mol. The van der Waals surface area contributed by atoms with E-state index >= 15 is 0 Å². The Morgan fingerprint density at radius 3 is 2.32 bits per heavy atom. The van der Waals surface area contributed by atoms with E-state index in [1.54, 1.807) is 37.3 Å². The second-order valence-corrected chi connectivity index (χ2v) is 4.76. The number of rotatable bonds is 4. The van der Waals surface area contributed by atoms with Gasteiger partial charge in [-0.1, -0.05) is 36.4 Å². The van der Waals surface area contributed by atoms with Gasteiger partial charge in [-0.25, -0.2) is 0 Å². The standard InChI is InChI=1S/C17H15F3O2/c1-2-22-16(21)10-12-6-8-13(9-7-12)14-4-3-5-15(11-14)17(18,19)20/h3-9,11H,2,10H2,1H3. The molecule has 0 saturated heterocycles. The van der Waals surface area contributed by atoms with Gasteiger partial charge in [0.05, 0.1) is 18.6 Å². The Kier molecular flexibility index (Phi) is 4.85. The first-order valence-electron chi connectivity index (χ1n) is 6.82. The molecular formula is C17H15F3O2. The van der Waals surface area contributed by atoms with E-state index in [-0.39, 0.29) is 12.4 Å². The summed E-state index contributed by atoms with van der Waals surface area (Å²) in [7, 11) is 0. The smallest absolute Gasteiger partial charge is 0.416 e. The molecule has 0 saturated carbocycles. The fraction of sp³-hybridized carbons (Fsp3) is 0.235. The molecule has 2 aromatic rings. The van der Waals surface area contributed by atoms with Crippen molar-refractivity contribution in [1.29, 1.82) is 0 Å². The summed E-state index contributed by atoms with van der Waals surface area (Å²) in [6.45, 7) is 2.05. The molecule has 0 amide bonds. The average Bonchev–Trinajstić information content (AvgIpc) is 2.47. The van der Waals surface area contributed by atoms with Gasteiger partial charge in [-0.2, -0.15) is 13.2 Å². The molecule has 0 N–H and O–H groups in total. The van der Waals surface area contributed by atoms with Gasteiger partial charge in [0, 0.05) is 0 Å². The fourth-order valence-corrected chi connectivity index (χ4v) is 2.07. The van der Waals surface area contributed by atoms with Crippen LogP contribution in [-0.4, -0.2) is 12.6 Å². The Balaban J connectivity index is 2.19. The lowest BCUT2D eigenvalue weighted by Gasteiger charge is -2.09. The summed E-state index contributed by atoms with van der Waals surface area (Å²) in [5.41, 5.74) is 1.23. The molecule has 0 aromatic heterocycles. The van der Waals surface area contributed by atoms with Crippen LogP contribution in [0.25, 0.3) is 11.1 Å². The Bertz CT molecular complexity index is 646. The number of carbonyl (C=O) groups excluding carboxylic acids is 1. The van der Waals surface area contributed by atoms with E-state index in [4.69, 9.17) is 4.74 Å². The molecular weight excluding hydrogens is 293 g/mol. The minimum atomic E-state index is -4.36. The molecule has 0 fully saturated rings. The van der Waals surface area contributed by atoms with Crippen molar-refractivity contribution in [3.05, 3.63) is 59.7 Å². The minimum Gasteiger partial charge on any atom is -0.466 e. The average molecular weight is 308 g/mol. The summed E-state index contributed by atoms with van der Waals surface area (Å²) in [5, 5.41) is 0. The zero-order chi connectivity index (χ0) is 16.2. The molecule has 2 aromatic carbocycles. The van der Waals surface area contributed by atoms with Crippen LogP contribution < -0.4 is 0 Å². The first-order valence-corrected chi connectivity index (χ1v) is 6.82. The molecule has 5 heteroatoms. The van der Waals surface area contributed by atoms with Crippen LogP contribution in [0, 0.1) is 0 Å². The van der Waals surface area contributed by atoms with Gasteiger partial charge in [-0.15, -0.1) is 0 Å². The number of hydrogen-bond donors (Lipinski definition) is 0. The summed E-state index contributed by atoms with van der Waals surface area (Å²) in [4.78, 5) is 11.4. The first-order chi connectivity index (χ1) is 10.4. The van der Waals surface area contributed by atoms with Crippen molar-refractivity contribution in [2.75, 3.05) is 6.61 Å². The van der Waals surface area contributed by atoms with E-state index < -0.39 is 11.7 Å². The molecule has 0 atom stereocenters. The number of esters is 1. The molecule has 2 nitrogen and oxygen atoms in total. The molecule has 0 heterocycles. The van der Waals surface area contributed by atoms with Crippen molar-refractivity contribution in [2.24, 2.45) is 0 Å². The van der Waals surface area contributed by atoms with E-state index in [0.717, 1.165) is 17.7 Å². The largest absolute Gasteiger partial charge is 0.466 e. The van der Waals surface area contributed by atoms with Crippen LogP contribution >= 0.6 is 0 Å². The van der Waals surface area contributed by atoms with Crippen LogP contribution in [0.2, 0.25) is 0 Å². The molecule has 22 heavy (non-hydrogen) atoms. The van der Waals surface area contributed by atoms with E-state index in [2.05, 4.69) is 0 Å². The van der Waals surface area contributed by atoms with Gasteiger partial charge in [0.25, 0.3) is 0 Å². The molecule has 0 aliphatic rings. The summed E-state index contributed by atoms with van der Waals surface area (Å²) in [6.07, 6.45) is -4.21. The Morgan fingerprint density at radius 2 is 1.73 bits per heavy atom. The van der Waals surface area contributed by atoms with E-state index in [0.29, 0.717) is 17.7 Å².